The number of hydrogen-bond acceptors (Lipinski definition) is 8. The molecule has 2 aromatic rings. The monoisotopic (exact) mass is 321 g/mol. The Morgan fingerprint density at radius 3 is 3.00 bits per heavy atom. The molecule has 3 rings (SSSR count). The zero-order chi connectivity index (χ0) is 16.6. The lowest BCUT2D eigenvalue weighted by atomic mass is 10.1. The molecule has 0 aromatic carbocycles. The summed E-state index contributed by atoms with van der Waals surface area (Å²) in [7, 11) is 1.28. The number of esters is 1. The SMILES string of the molecule is COC(=O)C1CNC(=O)CN1Cc1cc(=O)n2[nH]c(N)nc2n1. The molecule has 122 valence electrons. The number of H-pyrrole nitrogens is 1. The number of fused-ring (bicyclic) bond motifs is 1. The lowest BCUT2D eigenvalue weighted by molar-refractivity contribution is -0.149. The second-order valence-electron chi connectivity index (χ2n) is 5.08. The summed E-state index contributed by atoms with van der Waals surface area (Å²) in [4.78, 5) is 45.1. The van der Waals surface area contributed by atoms with E-state index in [2.05, 4.69) is 20.4 Å². The van der Waals surface area contributed by atoms with Crippen LogP contribution in [0.25, 0.3) is 5.78 Å². The molecule has 0 radical (unpaired) electrons. The smallest absolute Gasteiger partial charge is 0.324 e. The summed E-state index contributed by atoms with van der Waals surface area (Å²) in [6.07, 6.45) is 0. The van der Waals surface area contributed by atoms with E-state index in [1.165, 1.54) is 13.2 Å². The average molecular weight is 321 g/mol. The summed E-state index contributed by atoms with van der Waals surface area (Å²) in [5.41, 5.74) is 5.50. The predicted octanol–water partition coefficient (Wildman–Crippen LogP) is -2.53. The van der Waals surface area contributed by atoms with Crippen molar-refractivity contribution in [3.8, 4) is 0 Å². The second-order valence-corrected chi connectivity index (χ2v) is 5.08. The summed E-state index contributed by atoms with van der Waals surface area (Å²) in [6.45, 7) is 0.275. The van der Waals surface area contributed by atoms with Crippen molar-refractivity contribution in [2.45, 2.75) is 12.6 Å². The van der Waals surface area contributed by atoms with Gasteiger partial charge in [-0.1, -0.05) is 0 Å². The fourth-order valence-corrected chi connectivity index (χ4v) is 2.46. The Balaban J connectivity index is 1.90. The maximum Gasteiger partial charge on any atom is 0.324 e. The minimum absolute atomic E-state index is 0.00349. The molecular formula is C12H15N7O4. The largest absolute Gasteiger partial charge is 0.468 e. The van der Waals surface area contributed by atoms with Gasteiger partial charge in [0, 0.05) is 19.2 Å². The van der Waals surface area contributed by atoms with E-state index in [4.69, 9.17) is 10.5 Å². The highest BCUT2D eigenvalue weighted by molar-refractivity contribution is 5.83. The first kappa shape index (κ1) is 15.0. The third kappa shape index (κ3) is 2.85. The van der Waals surface area contributed by atoms with Gasteiger partial charge in [0.1, 0.15) is 6.04 Å². The number of amides is 1. The number of carbonyl (C=O) groups excluding carboxylic acids is 2. The number of carbonyl (C=O) groups is 2. The van der Waals surface area contributed by atoms with Crippen LogP contribution in [0.15, 0.2) is 10.9 Å². The van der Waals surface area contributed by atoms with Crippen LogP contribution in [0.2, 0.25) is 0 Å². The van der Waals surface area contributed by atoms with E-state index in [9.17, 15) is 14.4 Å². The quantitative estimate of drug-likeness (QED) is 0.524. The molecule has 11 nitrogen and oxygen atoms in total. The van der Waals surface area contributed by atoms with Crippen LogP contribution in [0.4, 0.5) is 5.95 Å². The lowest BCUT2D eigenvalue weighted by Gasteiger charge is -2.32. The van der Waals surface area contributed by atoms with Crippen molar-refractivity contribution in [3.05, 3.63) is 22.1 Å². The van der Waals surface area contributed by atoms with Crippen molar-refractivity contribution in [1.29, 1.82) is 0 Å². The van der Waals surface area contributed by atoms with Gasteiger partial charge in [-0.05, 0) is 0 Å². The van der Waals surface area contributed by atoms with E-state index in [0.717, 1.165) is 4.52 Å². The van der Waals surface area contributed by atoms with Crippen LogP contribution in [0, 0.1) is 0 Å². The number of hydrogen-bond donors (Lipinski definition) is 3. The molecule has 1 amide bonds. The van der Waals surface area contributed by atoms with Gasteiger partial charge in [-0.25, -0.2) is 4.98 Å². The van der Waals surface area contributed by atoms with Crippen molar-refractivity contribution < 1.29 is 14.3 Å². The molecule has 23 heavy (non-hydrogen) atoms. The molecular weight excluding hydrogens is 306 g/mol. The number of nitrogen functional groups attached to an aromatic ring is 1. The minimum Gasteiger partial charge on any atom is -0.468 e. The molecule has 0 aliphatic carbocycles. The molecule has 4 N–H and O–H groups in total. The van der Waals surface area contributed by atoms with Crippen molar-refractivity contribution in [3.63, 3.8) is 0 Å². The highest BCUT2D eigenvalue weighted by atomic mass is 16.5. The number of piperazine rings is 1. The number of nitrogens with two attached hydrogens (primary N) is 1. The average Bonchev–Trinajstić information content (AvgIpc) is 2.88. The molecule has 0 bridgehead atoms. The van der Waals surface area contributed by atoms with Gasteiger partial charge < -0.3 is 15.8 Å². The molecule has 1 unspecified atom stereocenters. The van der Waals surface area contributed by atoms with E-state index in [1.807, 2.05) is 0 Å². The molecule has 1 aliphatic rings. The summed E-state index contributed by atoms with van der Waals surface area (Å²) in [5, 5.41) is 5.16. The van der Waals surface area contributed by atoms with Gasteiger partial charge in [0.2, 0.25) is 11.9 Å². The maximum absolute atomic E-state index is 12.0. The highest BCUT2D eigenvalue weighted by Gasteiger charge is 2.33. The lowest BCUT2D eigenvalue weighted by Crippen LogP contribution is -2.57. The molecule has 1 aliphatic heterocycles. The Kier molecular flexibility index (Phi) is 3.70. The van der Waals surface area contributed by atoms with Gasteiger partial charge in [-0.2, -0.15) is 9.50 Å². The molecule has 11 heteroatoms. The van der Waals surface area contributed by atoms with Crippen LogP contribution in [-0.2, 0) is 20.9 Å². The van der Waals surface area contributed by atoms with Gasteiger partial charge in [0.05, 0.1) is 19.3 Å². The molecule has 1 saturated heterocycles. The van der Waals surface area contributed by atoms with Crippen LogP contribution in [0.1, 0.15) is 5.69 Å². The number of methoxy groups -OCH3 is 1. The molecule has 1 atom stereocenters. The Morgan fingerprint density at radius 1 is 1.48 bits per heavy atom. The summed E-state index contributed by atoms with van der Waals surface area (Å²) in [5.74, 6) is -0.489. The summed E-state index contributed by atoms with van der Waals surface area (Å²) >= 11 is 0. The van der Waals surface area contributed by atoms with E-state index in [0.29, 0.717) is 5.69 Å². The molecule has 2 aromatic heterocycles. The molecule has 0 spiro atoms. The van der Waals surface area contributed by atoms with Gasteiger partial charge in [-0.15, -0.1) is 0 Å². The first-order valence-electron chi connectivity index (χ1n) is 6.80. The molecule has 3 heterocycles. The van der Waals surface area contributed by atoms with Crippen molar-refractivity contribution in [2.24, 2.45) is 0 Å². The fourth-order valence-electron chi connectivity index (χ4n) is 2.46. The van der Waals surface area contributed by atoms with Crippen LogP contribution in [0.5, 0.6) is 0 Å². The highest BCUT2D eigenvalue weighted by Crippen LogP contribution is 2.10. The predicted molar refractivity (Wildman–Crippen MR) is 77.2 cm³/mol. The Morgan fingerprint density at radius 2 is 2.26 bits per heavy atom. The third-order valence-corrected chi connectivity index (χ3v) is 3.52. The van der Waals surface area contributed by atoms with E-state index in [-0.39, 0.29) is 42.8 Å². The minimum atomic E-state index is -0.637. The number of ether oxygens (including phenoxy) is 1. The van der Waals surface area contributed by atoms with Crippen LogP contribution in [-0.4, -0.2) is 62.6 Å². The van der Waals surface area contributed by atoms with Crippen LogP contribution < -0.4 is 16.6 Å². The number of aromatic amines is 1. The zero-order valence-corrected chi connectivity index (χ0v) is 12.3. The maximum atomic E-state index is 12.0. The molecule has 0 saturated carbocycles. The van der Waals surface area contributed by atoms with Gasteiger partial charge in [0.25, 0.3) is 11.3 Å². The first-order chi connectivity index (χ1) is 11.0. The number of nitrogens with zero attached hydrogens (tertiary/aromatic N) is 4. The number of aromatic nitrogens is 4. The normalized spacial score (nSPS) is 18.8. The topological polar surface area (TPSA) is 148 Å². The van der Waals surface area contributed by atoms with Gasteiger partial charge in [0.15, 0.2) is 0 Å². The third-order valence-electron chi connectivity index (χ3n) is 3.52. The number of rotatable bonds is 3. The van der Waals surface area contributed by atoms with Crippen molar-refractivity contribution >= 4 is 23.6 Å². The van der Waals surface area contributed by atoms with Gasteiger partial charge >= 0.3 is 5.97 Å². The summed E-state index contributed by atoms with van der Waals surface area (Å²) in [6, 6.07) is 0.660. The first-order valence-corrected chi connectivity index (χ1v) is 6.80. The number of nitrogens with one attached hydrogen (secondary N) is 2. The van der Waals surface area contributed by atoms with Gasteiger partial charge in [-0.3, -0.25) is 24.4 Å². The fraction of sp³-hybridized carbons (Fsp3) is 0.417. The molecule has 1 fully saturated rings. The Hall–Kier alpha value is -2.95. The Bertz CT molecular complexity index is 826. The standard InChI is InChI=1S/C12H15N7O4/c1-23-10(22)7-3-14-8(20)5-18(7)4-6-2-9(21)19-12(15-6)16-11(13)17-19/h2,7H,3-5H2,1H3,(H,14,20)(H3,13,15,16,17). The van der Waals surface area contributed by atoms with Crippen LogP contribution in [0.3, 0.4) is 0 Å². The Labute approximate surface area is 129 Å². The summed E-state index contributed by atoms with van der Waals surface area (Å²) < 4.78 is 5.85. The van der Waals surface area contributed by atoms with E-state index >= 15 is 0 Å². The van der Waals surface area contributed by atoms with Crippen molar-refractivity contribution in [2.75, 3.05) is 25.9 Å². The van der Waals surface area contributed by atoms with E-state index < -0.39 is 12.0 Å². The second kappa shape index (κ2) is 5.68. The van der Waals surface area contributed by atoms with E-state index in [1.54, 1.807) is 4.90 Å². The van der Waals surface area contributed by atoms with Crippen LogP contribution >= 0.6 is 0 Å². The number of anilines is 1. The zero-order valence-electron chi connectivity index (χ0n) is 12.3. The van der Waals surface area contributed by atoms with Crippen molar-refractivity contribution in [1.82, 2.24) is 29.8 Å².